The van der Waals surface area contributed by atoms with E-state index in [1.54, 1.807) is 42.3 Å². The third-order valence-corrected chi connectivity index (χ3v) is 8.46. The Morgan fingerprint density at radius 3 is 2.46 bits per heavy atom. The third kappa shape index (κ3) is 4.74. The highest BCUT2D eigenvalue weighted by atomic mass is 32.2. The lowest BCUT2D eigenvalue weighted by molar-refractivity contribution is 0.463. The predicted octanol–water partition coefficient (Wildman–Crippen LogP) is 6.17. The minimum atomic E-state index is -0.763. The molecule has 0 spiro atoms. The van der Waals surface area contributed by atoms with Crippen molar-refractivity contribution in [1.82, 2.24) is 20.0 Å². The van der Waals surface area contributed by atoms with Gasteiger partial charge in [0.15, 0.2) is 5.82 Å². The maximum atomic E-state index is 16.6. The molecule has 39 heavy (non-hydrogen) atoms. The number of halogens is 3. The summed E-state index contributed by atoms with van der Waals surface area (Å²) >= 11 is 1.54. The van der Waals surface area contributed by atoms with Crippen LogP contribution in [-0.4, -0.2) is 47.9 Å². The fourth-order valence-corrected chi connectivity index (χ4v) is 6.56. The van der Waals surface area contributed by atoms with Crippen molar-refractivity contribution in [2.75, 3.05) is 30.8 Å². The molecule has 3 heterocycles. The molecule has 2 atom stereocenters. The van der Waals surface area contributed by atoms with Crippen LogP contribution in [0.3, 0.4) is 0 Å². The van der Waals surface area contributed by atoms with E-state index in [9.17, 15) is 0 Å². The highest BCUT2D eigenvalue weighted by Gasteiger charge is 2.35. The van der Waals surface area contributed by atoms with Crippen LogP contribution in [0.5, 0.6) is 0 Å². The number of hydrogen-bond donors (Lipinski definition) is 2. The zero-order valence-corrected chi connectivity index (χ0v) is 23.0. The molecule has 2 aliphatic heterocycles. The Labute approximate surface area is 230 Å². The van der Waals surface area contributed by atoms with Crippen LogP contribution in [0.2, 0.25) is 0 Å². The summed E-state index contributed by atoms with van der Waals surface area (Å²) in [7, 11) is 0. The van der Waals surface area contributed by atoms with Gasteiger partial charge < -0.3 is 10.2 Å². The van der Waals surface area contributed by atoms with Crippen LogP contribution in [-0.2, 0) is 12.8 Å². The molecule has 2 aliphatic rings. The van der Waals surface area contributed by atoms with Crippen LogP contribution >= 0.6 is 11.9 Å². The van der Waals surface area contributed by atoms with Gasteiger partial charge in [0.2, 0.25) is 0 Å². The Bertz CT molecular complexity index is 1530. The summed E-state index contributed by atoms with van der Waals surface area (Å²) in [5, 5.41) is 4.85. The Morgan fingerprint density at radius 2 is 1.74 bits per heavy atom. The van der Waals surface area contributed by atoms with E-state index >= 15 is 13.2 Å². The normalized spacial score (nSPS) is 18.9. The van der Waals surface area contributed by atoms with E-state index in [0.29, 0.717) is 52.9 Å². The lowest BCUT2D eigenvalue weighted by atomic mass is 9.92. The highest BCUT2D eigenvalue weighted by molar-refractivity contribution is 7.96. The summed E-state index contributed by atoms with van der Waals surface area (Å²) < 4.78 is 51.4. The van der Waals surface area contributed by atoms with Crippen LogP contribution in [0.15, 0.2) is 36.4 Å². The van der Waals surface area contributed by atoms with Crippen LogP contribution in [0, 0.1) is 17.5 Å². The molecule has 2 fully saturated rings. The number of hydrogen-bond acceptors (Lipinski definition) is 6. The zero-order valence-electron chi connectivity index (χ0n) is 22.2. The molecule has 1 aromatic heterocycles. The number of anilines is 1. The molecule has 0 amide bonds. The van der Waals surface area contributed by atoms with Gasteiger partial charge in [0.1, 0.15) is 28.8 Å². The second-order valence-electron chi connectivity index (χ2n) is 10.4. The van der Waals surface area contributed by atoms with Crippen molar-refractivity contribution in [3.8, 4) is 11.1 Å². The maximum absolute atomic E-state index is 16.6. The number of aromatic nitrogens is 2. The molecule has 2 unspecified atom stereocenters. The second kappa shape index (κ2) is 10.9. The van der Waals surface area contributed by atoms with Crippen molar-refractivity contribution in [2.24, 2.45) is 0 Å². The Kier molecular flexibility index (Phi) is 7.39. The average Bonchev–Trinajstić information content (AvgIpc) is 3.28. The van der Waals surface area contributed by atoms with Crippen molar-refractivity contribution >= 4 is 39.4 Å². The van der Waals surface area contributed by atoms with Crippen molar-refractivity contribution < 1.29 is 13.2 Å². The standard InChI is InChI=1S/C30H32F3N5S/c1-3-20-26-29(28(33)25(27(20)32)21-9-4-7-17-8-5-10-22(31)24(17)21)36-23(11-6-14-34-39-2)37-30(26)38-15-18-12-13-19(16-38)35-18/h4-5,7-10,18-19,34-35H,3,6,11-16H2,1-2H3. The van der Waals surface area contributed by atoms with Gasteiger partial charge in [0, 0.05) is 49.1 Å². The largest absolute Gasteiger partial charge is 0.353 e. The molecule has 2 N–H and O–H groups in total. The fraction of sp³-hybridized carbons (Fsp3) is 0.400. The van der Waals surface area contributed by atoms with Gasteiger partial charge in [-0.25, -0.2) is 23.1 Å². The van der Waals surface area contributed by atoms with E-state index in [4.69, 9.17) is 9.97 Å². The number of nitrogens with one attached hydrogen (secondary N) is 2. The lowest BCUT2D eigenvalue weighted by Gasteiger charge is -2.35. The van der Waals surface area contributed by atoms with E-state index in [0.717, 1.165) is 38.9 Å². The molecule has 2 bridgehead atoms. The Hall–Kier alpha value is -2.88. The van der Waals surface area contributed by atoms with Crippen LogP contribution in [0.4, 0.5) is 19.0 Å². The predicted molar refractivity (Wildman–Crippen MR) is 154 cm³/mol. The summed E-state index contributed by atoms with van der Waals surface area (Å²) in [4.78, 5) is 11.8. The number of piperazine rings is 1. The number of benzene rings is 3. The van der Waals surface area contributed by atoms with Crippen molar-refractivity contribution in [3.63, 3.8) is 0 Å². The zero-order chi connectivity index (χ0) is 27.1. The van der Waals surface area contributed by atoms with Crippen LogP contribution in [0.1, 0.15) is 37.6 Å². The van der Waals surface area contributed by atoms with E-state index in [1.807, 2.05) is 13.2 Å². The number of rotatable bonds is 8. The topological polar surface area (TPSA) is 53.1 Å². The minimum absolute atomic E-state index is 0.111. The third-order valence-electron chi connectivity index (χ3n) is 7.97. The van der Waals surface area contributed by atoms with Gasteiger partial charge in [0.05, 0.1) is 10.9 Å². The quantitative estimate of drug-likeness (QED) is 0.202. The maximum Gasteiger partial charge on any atom is 0.160 e. The van der Waals surface area contributed by atoms with E-state index in [1.165, 1.54) is 6.07 Å². The van der Waals surface area contributed by atoms with Crippen molar-refractivity contribution in [1.29, 1.82) is 0 Å². The monoisotopic (exact) mass is 551 g/mol. The molecule has 0 aliphatic carbocycles. The van der Waals surface area contributed by atoms with Crippen molar-refractivity contribution in [2.45, 2.75) is 51.1 Å². The molecule has 204 valence electrons. The molecular weight excluding hydrogens is 519 g/mol. The van der Waals surface area contributed by atoms with Gasteiger partial charge in [-0.3, -0.25) is 4.72 Å². The van der Waals surface area contributed by atoms with Gasteiger partial charge in [-0.15, -0.1) is 0 Å². The first-order chi connectivity index (χ1) is 19.0. The van der Waals surface area contributed by atoms with Gasteiger partial charge in [0.25, 0.3) is 0 Å². The molecule has 9 heteroatoms. The smallest absolute Gasteiger partial charge is 0.160 e. The van der Waals surface area contributed by atoms with E-state index in [-0.39, 0.29) is 22.0 Å². The first kappa shape index (κ1) is 26.3. The lowest BCUT2D eigenvalue weighted by Crippen LogP contribution is -2.51. The highest BCUT2D eigenvalue weighted by Crippen LogP contribution is 2.41. The second-order valence-corrected chi connectivity index (χ2v) is 11.1. The van der Waals surface area contributed by atoms with Crippen LogP contribution in [0.25, 0.3) is 32.8 Å². The molecule has 3 aromatic carbocycles. The molecule has 2 saturated heterocycles. The Balaban J connectivity index is 1.60. The van der Waals surface area contributed by atoms with Crippen LogP contribution < -0.4 is 14.9 Å². The Morgan fingerprint density at radius 1 is 1.00 bits per heavy atom. The number of fused-ring (bicyclic) bond motifs is 4. The van der Waals surface area contributed by atoms with Gasteiger partial charge >= 0.3 is 0 Å². The number of aryl methyl sites for hydroxylation is 2. The molecule has 4 aromatic rings. The molecule has 0 radical (unpaired) electrons. The molecule has 6 rings (SSSR count). The average molecular weight is 552 g/mol. The summed E-state index contributed by atoms with van der Waals surface area (Å²) in [6.45, 7) is 4.09. The van der Waals surface area contributed by atoms with Gasteiger partial charge in [-0.2, -0.15) is 0 Å². The molecule has 0 saturated carbocycles. The first-order valence-electron chi connectivity index (χ1n) is 13.6. The first-order valence-corrected chi connectivity index (χ1v) is 14.9. The molecular formula is C30H32F3N5S. The number of nitrogens with zero attached hydrogens (tertiary/aromatic N) is 3. The van der Waals surface area contributed by atoms with Gasteiger partial charge in [-0.05, 0) is 49.0 Å². The summed E-state index contributed by atoms with van der Waals surface area (Å²) in [5.74, 6) is -0.800. The van der Waals surface area contributed by atoms with E-state index < -0.39 is 17.5 Å². The fourth-order valence-electron chi connectivity index (χ4n) is 6.21. The minimum Gasteiger partial charge on any atom is -0.353 e. The SMILES string of the molecule is CCc1c(F)c(-c2cccc3cccc(F)c23)c(F)c2nc(CCCNSC)nc(N3CC4CCC(C3)N4)c12. The van der Waals surface area contributed by atoms with Gasteiger partial charge in [-0.1, -0.05) is 49.2 Å². The van der Waals surface area contributed by atoms with E-state index in [2.05, 4.69) is 14.9 Å². The molecule has 5 nitrogen and oxygen atoms in total. The van der Waals surface area contributed by atoms with Crippen molar-refractivity contribution in [3.05, 3.63) is 65.2 Å². The summed E-state index contributed by atoms with van der Waals surface area (Å²) in [6, 6.07) is 10.4. The summed E-state index contributed by atoms with van der Waals surface area (Å²) in [6.07, 6.45) is 5.80. The summed E-state index contributed by atoms with van der Waals surface area (Å²) in [5.41, 5.74) is 0.449.